The molecular formula is C12H10N2O3. The van der Waals surface area contributed by atoms with Gasteiger partial charge in [0.05, 0.1) is 5.69 Å². The SMILES string of the molecule is O=C1NCN(c2cccc3cc(O)ccc23)O1. The van der Waals surface area contributed by atoms with Gasteiger partial charge in [0, 0.05) is 5.39 Å². The number of phenols is 1. The van der Waals surface area contributed by atoms with E-state index < -0.39 is 6.09 Å². The number of carbonyl (C=O) groups is 1. The third kappa shape index (κ3) is 1.61. The monoisotopic (exact) mass is 230 g/mol. The van der Waals surface area contributed by atoms with Crippen LogP contribution in [0.2, 0.25) is 0 Å². The Morgan fingerprint density at radius 2 is 2.18 bits per heavy atom. The first kappa shape index (κ1) is 9.77. The van der Waals surface area contributed by atoms with Gasteiger partial charge in [0.1, 0.15) is 12.4 Å². The fourth-order valence-electron chi connectivity index (χ4n) is 1.91. The maximum Gasteiger partial charge on any atom is 0.433 e. The van der Waals surface area contributed by atoms with Crippen LogP contribution in [0.3, 0.4) is 0 Å². The molecule has 0 bridgehead atoms. The van der Waals surface area contributed by atoms with Crippen molar-refractivity contribution in [3.63, 3.8) is 0 Å². The summed E-state index contributed by atoms with van der Waals surface area (Å²) in [4.78, 5) is 16.0. The number of nitrogens with one attached hydrogen (secondary N) is 1. The number of hydrogen-bond acceptors (Lipinski definition) is 4. The molecule has 0 aliphatic carbocycles. The molecule has 1 heterocycles. The van der Waals surface area contributed by atoms with Gasteiger partial charge in [0.15, 0.2) is 0 Å². The number of benzene rings is 2. The van der Waals surface area contributed by atoms with Crippen molar-refractivity contribution in [1.29, 1.82) is 0 Å². The van der Waals surface area contributed by atoms with Crippen molar-refractivity contribution in [3.05, 3.63) is 36.4 Å². The van der Waals surface area contributed by atoms with Crippen molar-refractivity contribution in [2.45, 2.75) is 0 Å². The number of nitrogens with zero attached hydrogens (tertiary/aromatic N) is 1. The van der Waals surface area contributed by atoms with Crippen LogP contribution >= 0.6 is 0 Å². The number of rotatable bonds is 1. The number of anilines is 1. The highest BCUT2D eigenvalue weighted by atomic mass is 16.7. The summed E-state index contributed by atoms with van der Waals surface area (Å²) in [5.74, 6) is 0.214. The standard InChI is InChI=1S/C12H10N2O3/c15-9-4-5-10-8(6-9)2-1-3-11(10)14-7-13-12(16)17-14/h1-6,15H,7H2,(H,13,16). The predicted molar refractivity (Wildman–Crippen MR) is 62.6 cm³/mol. The molecule has 17 heavy (non-hydrogen) atoms. The Morgan fingerprint density at radius 3 is 2.94 bits per heavy atom. The molecule has 3 rings (SSSR count). The van der Waals surface area contributed by atoms with E-state index in [2.05, 4.69) is 5.32 Å². The summed E-state index contributed by atoms with van der Waals surface area (Å²) in [7, 11) is 0. The normalized spacial score (nSPS) is 14.8. The van der Waals surface area contributed by atoms with Gasteiger partial charge in [0.25, 0.3) is 0 Å². The Balaban J connectivity index is 2.13. The molecule has 1 aliphatic heterocycles. The Hall–Kier alpha value is -2.43. The first-order chi connectivity index (χ1) is 8.24. The van der Waals surface area contributed by atoms with Gasteiger partial charge >= 0.3 is 6.09 Å². The maximum atomic E-state index is 11.0. The van der Waals surface area contributed by atoms with Crippen LogP contribution in [0.25, 0.3) is 10.8 Å². The second-order valence-electron chi connectivity index (χ2n) is 3.77. The van der Waals surface area contributed by atoms with Gasteiger partial charge in [-0.25, -0.2) is 4.79 Å². The van der Waals surface area contributed by atoms with E-state index in [4.69, 9.17) is 4.84 Å². The van der Waals surface area contributed by atoms with Crippen LogP contribution < -0.4 is 10.4 Å². The Morgan fingerprint density at radius 1 is 1.29 bits per heavy atom. The third-order valence-corrected chi connectivity index (χ3v) is 2.67. The van der Waals surface area contributed by atoms with Crippen molar-refractivity contribution in [1.82, 2.24) is 5.32 Å². The highest BCUT2D eigenvalue weighted by Gasteiger charge is 2.21. The summed E-state index contributed by atoms with van der Waals surface area (Å²) in [6.45, 7) is 0.318. The molecule has 86 valence electrons. The minimum Gasteiger partial charge on any atom is -0.508 e. The molecule has 2 aromatic carbocycles. The van der Waals surface area contributed by atoms with Gasteiger partial charge < -0.3 is 9.94 Å². The molecule has 0 unspecified atom stereocenters. The maximum absolute atomic E-state index is 11.0. The minimum atomic E-state index is -0.458. The summed E-state index contributed by atoms with van der Waals surface area (Å²) in [6, 6.07) is 10.7. The van der Waals surface area contributed by atoms with E-state index in [1.807, 2.05) is 18.2 Å². The molecule has 2 N–H and O–H groups in total. The Kier molecular flexibility index (Phi) is 2.04. The average molecular weight is 230 g/mol. The number of hydrogen-bond donors (Lipinski definition) is 2. The summed E-state index contributed by atoms with van der Waals surface area (Å²) in [5.41, 5.74) is 0.792. The summed E-state index contributed by atoms with van der Waals surface area (Å²) >= 11 is 0. The van der Waals surface area contributed by atoms with Gasteiger partial charge in [-0.15, -0.1) is 0 Å². The van der Waals surface area contributed by atoms with Crippen LogP contribution in [0.5, 0.6) is 5.75 Å². The van der Waals surface area contributed by atoms with Crippen molar-refractivity contribution in [3.8, 4) is 5.75 Å². The summed E-state index contributed by atoms with van der Waals surface area (Å²) < 4.78 is 0. The number of carbonyl (C=O) groups excluding carboxylic acids is 1. The zero-order valence-corrected chi connectivity index (χ0v) is 8.88. The predicted octanol–water partition coefficient (Wildman–Crippen LogP) is 1.96. The quantitative estimate of drug-likeness (QED) is 0.786. The zero-order chi connectivity index (χ0) is 11.8. The summed E-state index contributed by atoms with van der Waals surface area (Å²) in [6.07, 6.45) is -0.458. The molecule has 1 amide bonds. The Labute approximate surface area is 97.2 Å². The average Bonchev–Trinajstić information content (AvgIpc) is 2.74. The van der Waals surface area contributed by atoms with Gasteiger partial charge in [-0.2, -0.15) is 5.06 Å². The van der Waals surface area contributed by atoms with E-state index >= 15 is 0 Å². The third-order valence-electron chi connectivity index (χ3n) is 2.67. The number of phenolic OH excluding ortho intramolecular Hbond substituents is 1. The fourth-order valence-corrected chi connectivity index (χ4v) is 1.91. The van der Waals surface area contributed by atoms with Crippen LogP contribution in [0.1, 0.15) is 0 Å². The van der Waals surface area contributed by atoms with E-state index in [0.717, 1.165) is 16.5 Å². The van der Waals surface area contributed by atoms with Gasteiger partial charge in [-0.3, -0.25) is 5.32 Å². The smallest absolute Gasteiger partial charge is 0.433 e. The largest absolute Gasteiger partial charge is 0.508 e. The van der Waals surface area contributed by atoms with Crippen LogP contribution in [0.4, 0.5) is 10.5 Å². The molecule has 0 saturated carbocycles. The van der Waals surface area contributed by atoms with Gasteiger partial charge in [-0.1, -0.05) is 12.1 Å². The second-order valence-corrected chi connectivity index (χ2v) is 3.77. The molecule has 0 radical (unpaired) electrons. The van der Waals surface area contributed by atoms with Crippen LogP contribution in [-0.4, -0.2) is 17.9 Å². The van der Waals surface area contributed by atoms with Gasteiger partial charge in [-0.05, 0) is 29.7 Å². The van der Waals surface area contributed by atoms with E-state index in [0.29, 0.717) is 6.67 Å². The number of hydroxylamine groups is 1. The number of amides is 1. The van der Waals surface area contributed by atoms with Crippen molar-refractivity contribution >= 4 is 22.6 Å². The molecule has 0 spiro atoms. The molecule has 2 aromatic rings. The lowest BCUT2D eigenvalue weighted by Crippen LogP contribution is -2.20. The topological polar surface area (TPSA) is 61.8 Å². The van der Waals surface area contributed by atoms with E-state index in [1.54, 1.807) is 18.2 Å². The number of fused-ring (bicyclic) bond motifs is 1. The molecule has 5 nitrogen and oxygen atoms in total. The van der Waals surface area contributed by atoms with E-state index in [9.17, 15) is 9.90 Å². The van der Waals surface area contributed by atoms with Crippen molar-refractivity contribution in [2.75, 3.05) is 11.7 Å². The lowest BCUT2D eigenvalue weighted by atomic mass is 10.1. The first-order valence-electron chi connectivity index (χ1n) is 5.19. The molecular weight excluding hydrogens is 220 g/mol. The molecule has 0 aromatic heterocycles. The molecule has 1 aliphatic rings. The minimum absolute atomic E-state index is 0.214. The highest BCUT2D eigenvalue weighted by Crippen LogP contribution is 2.30. The lowest BCUT2D eigenvalue weighted by molar-refractivity contribution is 0.167. The first-order valence-corrected chi connectivity index (χ1v) is 5.19. The van der Waals surface area contributed by atoms with Crippen LogP contribution in [-0.2, 0) is 4.84 Å². The van der Waals surface area contributed by atoms with Crippen LogP contribution in [0, 0.1) is 0 Å². The fraction of sp³-hybridized carbons (Fsp3) is 0.0833. The molecule has 1 fully saturated rings. The van der Waals surface area contributed by atoms with Crippen molar-refractivity contribution < 1.29 is 14.7 Å². The van der Waals surface area contributed by atoms with Crippen molar-refractivity contribution in [2.24, 2.45) is 0 Å². The van der Waals surface area contributed by atoms with E-state index in [-0.39, 0.29) is 5.75 Å². The lowest BCUT2D eigenvalue weighted by Gasteiger charge is -2.15. The van der Waals surface area contributed by atoms with Crippen LogP contribution in [0.15, 0.2) is 36.4 Å². The zero-order valence-electron chi connectivity index (χ0n) is 8.88. The molecule has 1 saturated heterocycles. The number of aromatic hydroxyl groups is 1. The Bertz CT molecular complexity index is 597. The van der Waals surface area contributed by atoms with Gasteiger partial charge in [0.2, 0.25) is 0 Å². The van der Waals surface area contributed by atoms with E-state index in [1.165, 1.54) is 5.06 Å². The molecule has 5 heteroatoms. The molecule has 0 atom stereocenters. The highest BCUT2D eigenvalue weighted by molar-refractivity contribution is 5.95. The summed E-state index contributed by atoms with van der Waals surface area (Å²) in [5, 5.41) is 15.3. The second kappa shape index (κ2) is 3.55.